The van der Waals surface area contributed by atoms with Gasteiger partial charge in [-0.2, -0.15) is 5.10 Å². The molecular formula is C14H18ClN3O2. The van der Waals surface area contributed by atoms with Gasteiger partial charge < -0.3 is 10.1 Å². The Morgan fingerprint density at radius 2 is 2.50 bits per heavy atom. The van der Waals surface area contributed by atoms with Gasteiger partial charge in [-0.25, -0.2) is 4.68 Å². The number of aromatic nitrogens is 2. The maximum Gasteiger partial charge on any atom is 0.292 e. The van der Waals surface area contributed by atoms with E-state index in [9.17, 15) is 4.79 Å². The number of nitrogens with one attached hydrogen (secondary N) is 1. The lowest BCUT2D eigenvalue weighted by Gasteiger charge is -2.18. The van der Waals surface area contributed by atoms with Gasteiger partial charge in [0.15, 0.2) is 0 Å². The summed E-state index contributed by atoms with van der Waals surface area (Å²) in [5.74, 6) is 2.79. The number of anilines is 1. The van der Waals surface area contributed by atoms with Gasteiger partial charge >= 0.3 is 0 Å². The number of halogens is 1. The lowest BCUT2D eigenvalue weighted by atomic mass is 10.00. The van der Waals surface area contributed by atoms with Crippen LogP contribution in [0.3, 0.4) is 0 Å². The Morgan fingerprint density at radius 3 is 3.20 bits per heavy atom. The summed E-state index contributed by atoms with van der Waals surface area (Å²) in [5, 5.41) is 7.35. The number of nitrogens with zero attached hydrogens (tertiary/aromatic N) is 2. The summed E-state index contributed by atoms with van der Waals surface area (Å²) in [6, 6.07) is 0. The molecule has 5 nitrogen and oxygen atoms in total. The first-order valence-corrected chi connectivity index (χ1v) is 7.09. The standard InChI is InChI=1S/C14H18ClN3O2/c1-3-6-18-14(19)13(11(15)9-17-18)16-8-10-5-7-20-12(10)4-2/h1,9-10,12,16H,4-8H2,2H3. The Balaban J connectivity index is 2.11. The second kappa shape index (κ2) is 6.78. The van der Waals surface area contributed by atoms with E-state index < -0.39 is 0 Å². The lowest BCUT2D eigenvalue weighted by Crippen LogP contribution is -2.29. The predicted octanol–water partition coefficient (Wildman–Crippen LogP) is 1.76. The fourth-order valence-electron chi connectivity index (χ4n) is 2.44. The highest BCUT2D eigenvalue weighted by atomic mass is 35.5. The average Bonchev–Trinajstić information content (AvgIpc) is 2.89. The molecule has 1 aliphatic heterocycles. The number of rotatable bonds is 5. The van der Waals surface area contributed by atoms with Crippen LogP contribution in [0.5, 0.6) is 0 Å². The van der Waals surface area contributed by atoms with Crippen molar-refractivity contribution in [1.82, 2.24) is 9.78 Å². The first-order valence-electron chi connectivity index (χ1n) is 6.72. The minimum Gasteiger partial charge on any atom is -0.379 e. The molecule has 1 aromatic rings. The van der Waals surface area contributed by atoms with Crippen LogP contribution in [0.4, 0.5) is 5.69 Å². The van der Waals surface area contributed by atoms with Crippen LogP contribution in [-0.2, 0) is 11.3 Å². The van der Waals surface area contributed by atoms with Crippen LogP contribution in [0.2, 0.25) is 5.02 Å². The van der Waals surface area contributed by atoms with Crippen molar-refractivity contribution in [1.29, 1.82) is 0 Å². The molecule has 0 radical (unpaired) electrons. The summed E-state index contributed by atoms with van der Waals surface area (Å²) >= 11 is 6.04. The smallest absolute Gasteiger partial charge is 0.292 e. The van der Waals surface area contributed by atoms with Crippen molar-refractivity contribution in [3.05, 3.63) is 21.6 Å². The normalized spacial score (nSPS) is 21.6. The van der Waals surface area contributed by atoms with Crippen LogP contribution < -0.4 is 10.9 Å². The minimum atomic E-state index is -0.289. The van der Waals surface area contributed by atoms with E-state index in [4.69, 9.17) is 22.8 Å². The minimum absolute atomic E-state index is 0.134. The molecule has 2 atom stereocenters. The number of hydrogen-bond donors (Lipinski definition) is 1. The Bertz CT molecular complexity index is 565. The fourth-order valence-corrected chi connectivity index (χ4v) is 2.63. The zero-order chi connectivity index (χ0) is 14.5. The molecule has 0 amide bonds. The van der Waals surface area contributed by atoms with Gasteiger partial charge in [0.1, 0.15) is 12.2 Å². The molecule has 0 aromatic carbocycles. The molecule has 2 rings (SSSR count). The second-order valence-corrected chi connectivity index (χ2v) is 5.19. The Labute approximate surface area is 123 Å². The summed E-state index contributed by atoms with van der Waals surface area (Å²) in [6.45, 7) is 3.67. The van der Waals surface area contributed by atoms with E-state index in [1.54, 1.807) is 0 Å². The number of hydrogen-bond acceptors (Lipinski definition) is 4. The summed E-state index contributed by atoms with van der Waals surface area (Å²) in [6.07, 6.45) is 8.85. The quantitative estimate of drug-likeness (QED) is 0.841. The highest BCUT2D eigenvalue weighted by Gasteiger charge is 2.26. The van der Waals surface area contributed by atoms with E-state index >= 15 is 0 Å². The molecule has 1 aliphatic rings. The topological polar surface area (TPSA) is 56.1 Å². The first kappa shape index (κ1) is 14.9. The van der Waals surface area contributed by atoms with Gasteiger partial charge in [0.05, 0.1) is 17.3 Å². The maximum atomic E-state index is 12.2. The van der Waals surface area contributed by atoms with Crippen molar-refractivity contribution in [2.75, 3.05) is 18.5 Å². The molecule has 2 unspecified atom stereocenters. The Morgan fingerprint density at radius 1 is 1.70 bits per heavy atom. The monoisotopic (exact) mass is 295 g/mol. The molecule has 0 aliphatic carbocycles. The molecular weight excluding hydrogens is 278 g/mol. The van der Waals surface area contributed by atoms with Crippen molar-refractivity contribution < 1.29 is 4.74 Å². The molecule has 1 aromatic heterocycles. The summed E-state index contributed by atoms with van der Waals surface area (Å²) in [4.78, 5) is 12.2. The van der Waals surface area contributed by atoms with Gasteiger partial charge in [0, 0.05) is 19.1 Å². The molecule has 1 fully saturated rings. The zero-order valence-corrected chi connectivity index (χ0v) is 12.2. The van der Waals surface area contributed by atoms with Crippen LogP contribution in [0.15, 0.2) is 11.0 Å². The highest BCUT2D eigenvalue weighted by molar-refractivity contribution is 6.32. The van der Waals surface area contributed by atoms with Crippen molar-refractivity contribution in [2.45, 2.75) is 32.4 Å². The third kappa shape index (κ3) is 3.14. The van der Waals surface area contributed by atoms with Crippen molar-refractivity contribution in [2.24, 2.45) is 5.92 Å². The maximum absolute atomic E-state index is 12.2. The lowest BCUT2D eigenvalue weighted by molar-refractivity contribution is 0.0900. The Hall–Kier alpha value is -1.51. The third-order valence-corrected chi connectivity index (χ3v) is 3.81. The zero-order valence-electron chi connectivity index (χ0n) is 11.4. The Kier molecular flexibility index (Phi) is 5.05. The van der Waals surface area contributed by atoms with E-state index in [1.807, 2.05) is 0 Å². The van der Waals surface area contributed by atoms with E-state index in [1.165, 1.54) is 10.9 Å². The molecule has 20 heavy (non-hydrogen) atoms. The number of terminal acetylenes is 1. The van der Waals surface area contributed by atoms with Crippen LogP contribution >= 0.6 is 11.6 Å². The predicted molar refractivity (Wildman–Crippen MR) is 79.0 cm³/mol. The first-order chi connectivity index (χ1) is 9.67. The SMILES string of the molecule is C#CCn1ncc(Cl)c(NCC2CCOC2CC)c1=O. The van der Waals surface area contributed by atoms with Crippen LogP contribution in [0.1, 0.15) is 19.8 Å². The summed E-state index contributed by atoms with van der Waals surface area (Å²) < 4.78 is 6.85. The van der Waals surface area contributed by atoms with Gasteiger partial charge in [0.2, 0.25) is 0 Å². The van der Waals surface area contributed by atoms with E-state index in [0.29, 0.717) is 23.2 Å². The molecule has 0 saturated carbocycles. The molecule has 0 spiro atoms. The van der Waals surface area contributed by atoms with Gasteiger partial charge in [-0.3, -0.25) is 4.79 Å². The van der Waals surface area contributed by atoms with Gasteiger partial charge in [-0.1, -0.05) is 24.4 Å². The fraction of sp³-hybridized carbons (Fsp3) is 0.571. The van der Waals surface area contributed by atoms with Gasteiger partial charge in [-0.15, -0.1) is 6.42 Å². The van der Waals surface area contributed by atoms with Crippen molar-refractivity contribution in [3.8, 4) is 12.3 Å². The van der Waals surface area contributed by atoms with Gasteiger partial charge in [-0.05, 0) is 12.8 Å². The van der Waals surface area contributed by atoms with Gasteiger partial charge in [0.25, 0.3) is 5.56 Å². The van der Waals surface area contributed by atoms with Crippen molar-refractivity contribution >= 4 is 17.3 Å². The third-order valence-electron chi connectivity index (χ3n) is 3.53. The van der Waals surface area contributed by atoms with E-state index in [-0.39, 0.29) is 18.2 Å². The highest BCUT2D eigenvalue weighted by Crippen LogP contribution is 2.24. The molecule has 108 valence electrons. The molecule has 1 saturated heterocycles. The van der Waals surface area contributed by atoms with Crippen LogP contribution in [0, 0.1) is 18.3 Å². The molecule has 2 heterocycles. The van der Waals surface area contributed by atoms with Crippen LogP contribution in [0.25, 0.3) is 0 Å². The molecule has 0 bridgehead atoms. The van der Waals surface area contributed by atoms with Crippen molar-refractivity contribution in [3.63, 3.8) is 0 Å². The largest absolute Gasteiger partial charge is 0.379 e. The second-order valence-electron chi connectivity index (χ2n) is 4.78. The molecule has 6 heteroatoms. The van der Waals surface area contributed by atoms with Crippen LogP contribution in [-0.4, -0.2) is 29.0 Å². The average molecular weight is 296 g/mol. The summed E-state index contributed by atoms with van der Waals surface area (Å²) in [5.41, 5.74) is 0.0704. The summed E-state index contributed by atoms with van der Waals surface area (Å²) in [7, 11) is 0. The van der Waals surface area contributed by atoms with E-state index in [0.717, 1.165) is 19.4 Å². The van der Waals surface area contributed by atoms with E-state index in [2.05, 4.69) is 23.3 Å². The molecule has 1 N–H and O–H groups in total. The number of ether oxygens (including phenoxy) is 1.